The van der Waals surface area contributed by atoms with Crippen LogP contribution in [0.5, 0.6) is 5.75 Å². The van der Waals surface area contributed by atoms with E-state index < -0.39 is 12.1 Å². The standard InChI is InChI=1S/C14H16O4/c1-17-11-6-4-5-10(9-11)14(16)18-13-8-3-2-7-12(13)15/h4-6,9,13H,2-3,7-8H2,1H3/t13-/m1/s1. The van der Waals surface area contributed by atoms with Crippen LogP contribution in [-0.4, -0.2) is 25.0 Å². The van der Waals surface area contributed by atoms with Gasteiger partial charge in [0.15, 0.2) is 11.9 Å². The average molecular weight is 248 g/mol. The first-order chi connectivity index (χ1) is 8.70. The highest BCUT2D eigenvalue weighted by atomic mass is 16.5. The van der Waals surface area contributed by atoms with Crippen LogP contribution in [0.25, 0.3) is 0 Å². The maximum Gasteiger partial charge on any atom is 0.338 e. The summed E-state index contributed by atoms with van der Waals surface area (Å²) < 4.78 is 10.3. The Balaban J connectivity index is 2.04. The zero-order chi connectivity index (χ0) is 13.0. The SMILES string of the molecule is COc1cccc(C(=O)O[C@@H]2CCCCC2=O)c1. The molecular formula is C14H16O4. The van der Waals surface area contributed by atoms with Crippen LogP contribution in [0.3, 0.4) is 0 Å². The summed E-state index contributed by atoms with van der Waals surface area (Å²) in [6.45, 7) is 0. The lowest BCUT2D eigenvalue weighted by molar-refractivity contribution is -0.129. The highest BCUT2D eigenvalue weighted by Gasteiger charge is 2.26. The van der Waals surface area contributed by atoms with E-state index in [0.29, 0.717) is 24.2 Å². The molecule has 4 nitrogen and oxygen atoms in total. The number of carbonyl (C=O) groups excluding carboxylic acids is 2. The summed E-state index contributed by atoms with van der Waals surface area (Å²) in [6.07, 6.45) is 2.40. The van der Waals surface area contributed by atoms with Crippen molar-refractivity contribution in [1.82, 2.24) is 0 Å². The van der Waals surface area contributed by atoms with Crippen LogP contribution in [0, 0.1) is 0 Å². The molecule has 0 aliphatic heterocycles. The van der Waals surface area contributed by atoms with E-state index in [9.17, 15) is 9.59 Å². The number of hydrogen-bond acceptors (Lipinski definition) is 4. The van der Waals surface area contributed by atoms with Crippen molar-refractivity contribution in [2.45, 2.75) is 31.8 Å². The van der Waals surface area contributed by atoms with Crippen molar-refractivity contribution < 1.29 is 19.1 Å². The molecule has 0 bridgehead atoms. The number of Topliss-reactive ketones (excluding diaryl/α,β-unsaturated/α-hetero) is 1. The molecule has 0 saturated heterocycles. The zero-order valence-corrected chi connectivity index (χ0v) is 10.3. The second kappa shape index (κ2) is 5.67. The van der Waals surface area contributed by atoms with Gasteiger partial charge in [-0.1, -0.05) is 6.07 Å². The third-order valence-corrected chi connectivity index (χ3v) is 3.05. The van der Waals surface area contributed by atoms with Crippen molar-refractivity contribution >= 4 is 11.8 Å². The minimum atomic E-state index is -0.572. The molecule has 1 aliphatic carbocycles. The summed E-state index contributed by atoms with van der Waals surface area (Å²) in [6, 6.07) is 6.73. The van der Waals surface area contributed by atoms with E-state index >= 15 is 0 Å². The smallest absolute Gasteiger partial charge is 0.338 e. The van der Waals surface area contributed by atoms with E-state index in [1.165, 1.54) is 7.11 Å². The van der Waals surface area contributed by atoms with Crippen LogP contribution in [0.4, 0.5) is 0 Å². The van der Waals surface area contributed by atoms with Gasteiger partial charge in [0.25, 0.3) is 0 Å². The highest BCUT2D eigenvalue weighted by molar-refractivity contribution is 5.93. The molecule has 1 aliphatic rings. The molecule has 0 amide bonds. The quantitative estimate of drug-likeness (QED) is 0.770. The van der Waals surface area contributed by atoms with Crippen LogP contribution < -0.4 is 4.74 Å². The normalized spacial score (nSPS) is 19.4. The third kappa shape index (κ3) is 2.88. The molecule has 1 aromatic carbocycles. The maximum atomic E-state index is 11.9. The summed E-state index contributed by atoms with van der Waals surface area (Å²) in [5, 5.41) is 0. The van der Waals surface area contributed by atoms with E-state index in [2.05, 4.69) is 0 Å². The monoisotopic (exact) mass is 248 g/mol. The topological polar surface area (TPSA) is 52.6 Å². The van der Waals surface area contributed by atoms with Gasteiger partial charge in [0.1, 0.15) is 5.75 Å². The molecule has 0 heterocycles. The molecule has 0 spiro atoms. The van der Waals surface area contributed by atoms with Gasteiger partial charge in [0.05, 0.1) is 12.7 Å². The maximum absolute atomic E-state index is 11.9. The number of carbonyl (C=O) groups is 2. The van der Waals surface area contributed by atoms with Gasteiger partial charge in [0.2, 0.25) is 0 Å². The van der Waals surface area contributed by atoms with Crippen molar-refractivity contribution in [1.29, 1.82) is 0 Å². The van der Waals surface area contributed by atoms with Gasteiger partial charge in [-0.3, -0.25) is 4.79 Å². The number of hydrogen-bond donors (Lipinski definition) is 0. The number of ketones is 1. The largest absolute Gasteiger partial charge is 0.497 e. The van der Waals surface area contributed by atoms with Crippen LogP contribution in [0.2, 0.25) is 0 Å². The average Bonchev–Trinajstić information content (AvgIpc) is 2.41. The van der Waals surface area contributed by atoms with E-state index in [1.807, 2.05) is 0 Å². The first kappa shape index (κ1) is 12.6. The minimum absolute atomic E-state index is 0.0255. The number of rotatable bonds is 3. The molecule has 1 aromatic rings. The summed E-state index contributed by atoms with van der Waals surface area (Å²) >= 11 is 0. The third-order valence-electron chi connectivity index (χ3n) is 3.05. The molecule has 1 saturated carbocycles. The molecule has 2 rings (SSSR count). The summed E-state index contributed by atoms with van der Waals surface area (Å²) in [5.74, 6) is 0.158. The first-order valence-corrected chi connectivity index (χ1v) is 6.08. The number of esters is 1. The molecular weight excluding hydrogens is 232 g/mol. The Hall–Kier alpha value is -1.84. The Kier molecular flexibility index (Phi) is 3.97. The molecule has 0 unspecified atom stereocenters. The molecule has 4 heteroatoms. The Morgan fingerprint density at radius 3 is 2.89 bits per heavy atom. The Morgan fingerprint density at radius 1 is 1.33 bits per heavy atom. The lowest BCUT2D eigenvalue weighted by Crippen LogP contribution is -2.30. The van der Waals surface area contributed by atoms with Gasteiger partial charge >= 0.3 is 5.97 Å². The molecule has 0 radical (unpaired) electrons. The second-order valence-corrected chi connectivity index (χ2v) is 4.34. The van der Waals surface area contributed by atoms with Crippen LogP contribution in [0.15, 0.2) is 24.3 Å². The highest BCUT2D eigenvalue weighted by Crippen LogP contribution is 2.20. The molecule has 0 aromatic heterocycles. The second-order valence-electron chi connectivity index (χ2n) is 4.34. The van der Waals surface area contributed by atoms with Crippen LogP contribution in [0.1, 0.15) is 36.0 Å². The first-order valence-electron chi connectivity index (χ1n) is 6.08. The van der Waals surface area contributed by atoms with Crippen LogP contribution >= 0.6 is 0 Å². The van der Waals surface area contributed by atoms with Crippen molar-refractivity contribution in [3.05, 3.63) is 29.8 Å². The van der Waals surface area contributed by atoms with Gasteiger partial charge in [-0.15, -0.1) is 0 Å². The van der Waals surface area contributed by atoms with E-state index in [1.54, 1.807) is 24.3 Å². The van der Waals surface area contributed by atoms with Gasteiger partial charge in [-0.2, -0.15) is 0 Å². The van der Waals surface area contributed by atoms with E-state index in [4.69, 9.17) is 9.47 Å². The minimum Gasteiger partial charge on any atom is -0.497 e. The predicted molar refractivity (Wildman–Crippen MR) is 65.7 cm³/mol. The zero-order valence-electron chi connectivity index (χ0n) is 10.3. The van der Waals surface area contributed by atoms with Gasteiger partial charge in [-0.05, 0) is 37.5 Å². The van der Waals surface area contributed by atoms with Gasteiger partial charge in [-0.25, -0.2) is 4.79 Å². The van der Waals surface area contributed by atoms with Gasteiger partial charge in [0, 0.05) is 6.42 Å². The Labute approximate surface area is 106 Å². The van der Waals surface area contributed by atoms with E-state index in [-0.39, 0.29) is 5.78 Å². The molecule has 1 atom stereocenters. The molecule has 0 N–H and O–H groups in total. The lowest BCUT2D eigenvalue weighted by Gasteiger charge is -2.20. The summed E-state index contributed by atoms with van der Waals surface area (Å²) in [5.41, 5.74) is 0.410. The fourth-order valence-electron chi connectivity index (χ4n) is 2.02. The lowest BCUT2D eigenvalue weighted by atomic mass is 9.96. The Bertz CT molecular complexity index is 453. The van der Waals surface area contributed by atoms with Crippen molar-refractivity contribution in [3.63, 3.8) is 0 Å². The predicted octanol–water partition coefficient (Wildman–Crippen LogP) is 2.36. The fraction of sp³-hybridized carbons (Fsp3) is 0.429. The van der Waals surface area contributed by atoms with Crippen molar-refractivity contribution in [2.24, 2.45) is 0 Å². The summed E-state index contributed by atoms with van der Waals surface area (Å²) in [7, 11) is 1.54. The van der Waals surface area contributed by atoms with Crippen LogP contribution in [-0.2, 0) is 9.53 Å². The van der Waals surface area contributed by atoms with Crippen molar-refractivity contribution in [2.75, 3.05) is 7.11 Å². The molecule has 18 heavy (non-hydrogen) atoms. The summed E-state index contributed by atoms with van der Waals surface area (Å²) in [4.78, 5) is 23.5. The van der Waals surface area contributed by atoms with E-state index in [0.717, 1.165) is 12.8 Å². The number of methoxy groups -OCH3 is 1. The fourth-order valence-corrected chi connectivity index (χ4v) is 2.02. The Morgan fingerprint density at radius 2 is 2.17 bits per heavy atom. The molecule has 1 fully saturated rings. The molecule has 96 valence electrons. The van der Waals surface area contributed by atoms with Gasteiger partial charge < -0.3 is 9.47 Å². The number of ether oxygens (including phenoxy) is 2. The number of benzene rings is 1. The van der Waals surface area contributed by atoms with Crippen molar-refractivity contribution in [3.8, 4) is 5.75 Å².